The molecule has 0 aromatic heterocycles. The van der Waals surface area contributed by atoms with Crippen LogP contribution in [0.5, 0.6) is 0 Å². The molecule has 0 spiro atoms. The van der Waals surface area contributed by atoms with Crippen molar-refractivity contribution in [2.45, 2.75) is 58.8 Å². The number of nitrogens with two attached hydrogens (primary N) is 1. The minimum atomic E-state index is 0.772. The number of thioether (sulfide) groups is 1. The van der Waals surface area contributed by atoms with Crippen LogP contribution >= 0.6 is 11.8 Å². The van der Waals surface area contributed by atoms with Gasteiger partial charge >= 0.3 is 0 Å². The summed E-state index contributed by atoms with van der Waals surface area (Å²) in [6.45, 7) is 10.7. The first-order valence-corrected chi connectivity index (χ1v) is 10.8. The fraction of sp³-hybridized carbons (Fsp3) is 0.360. The number of hydrogen-bond donors (Lipinski definition) is 1. The molecule has 0 amide bonds. The molecule has 27 heavy (non-hydrogen) atoms. The molecule has 0 unspecified atom stereocenters. The van der Waals surface area contributed by atoms with Gasteiger partial charge in [0.2, 0.25) is 0 Å². The van der Waals surface area contributed by atoms with Crippen molar-refractivity contribution >= 4 is 22.4 Å². The van der Waals surface area contributed by atoms with Crippen LogP contribution in [0, 0.1) is 13.8 Å². The summed E-state index contributed by atoms with van der Waals surface area (Å²) in [6.07, 6.45) is 6.41. The maximum atomic E-state index is 6.00. The highest BCUT2D eigenvalue weighted by atomic mass is 32.2. The van der Waals surface area contributed by atoms with Gasteiger partial charge < -0.3 is 5.73 Å². The van der Waals surface area contributed by atoms with Crippen LogP contribution in [0.4, 0.5) is 5.69 Å². The summed E-state index contributed by atoms with van der Waals surface area (Å²) < 4.78 is 0. The molecule has 2 N–H and O–H groups in total. The molecular weight excluding hydrogens is 346 g/mol. The summed E-state index contributed by atoms with van der Waals surface area (Å²) in [5.41, 5.74) is 14.7. The van der Waals surface area contributed by atoms with Gasteiger partial charge in [-0.2, -0.15) is 0 Å². The van der Waals surface area contributed by atoms with Crippen molar-refractivity contribution in [3.8, 4) is 0 Å². The quantitative estimate of drug-likeness (QED) is 0.531. The number of aryl methyl sites for hydroxylation is 2. The van der Waals surface area contributed by atoms with E-state index in [4.69, 9.17) is 5.73 Å². The second-order valence-electron chi connectivity index (χ2n) is 7.92. The summed E-state index contributed by atoms with van der Waals surface area (Å²) in [5.74, 6) is 0.772. The molecule has 1 aliphatic carbocycles. The maximum absolute atomic E-state index is 6.00. The van der Waals surface area contributed by atoms with Crippen molar-refractivity contribution in [1.29, 1.82) is 0 Å². The average molecular weight is 378 g/mol. The fourth-order valence-corrected chi connectivity index (χ4v) is 4.57. The van der Waals surface area contributed by atoms with E-state index in [0.717, 1.165) is 28.5 Å². The van der Waals surface area contributed by atoms with Gasteiger partial charge in [-0.3, -0.25) is 0 Å². The van der Waals surface area contributed by atoms with Gasteiger partial charge in [0.15, 0.2) is 0 Å². The zero-order valence-corrected chi connectivity index (χ0v) is 17.7. The monoisotopic (exact) mass is 377 g/mol. The van der Waals surface area contributed by atoms with Crippen molar-refractivity contribution in [2.75, 3.05) is 5.73 Å². The van der Waals surface area contributed by atoms with E-state index < -0.39 is 0 Å². The Labute approximate surface area is 168 Å². The molecule has 142 valence electrons. The molecule has 2 aromatic carbocycles. The van der Waals surface area contributed by atoms with Crippen molar-refractivity contribution < 1.29 is 0 Å². The molecule has 1 fully saturated rings. The van der Waals surface area contributed by atoms with Crippen LogP contribution in [0.1, 0.15) is 66.3 Å². The summed E-state index contributed by atoms with van der Waals surface area (Å²) in [6, 6.07) is 13.4. The zero-order valence-electron chi connectivity index (χ0n) is 16.8. The molecule has 2 aromatic rings. The number of rotatable bonds is 6. The van der Waals surface area contributed by atoms with E-state index in [0.29, 0.717) is 0 Å². The van der Waals surface area contributed by atoms with E-state index in [-0.39, 0.29) is 0 Å². The molecule has 0 radical (unpaired) electrons. The Balaban J connectivity index is 1.61. The van der Waals surface area contributed by atoms with Gasteiger partial charge in [-0.1, -0.05) is 67.1 Å². The zero-order chi connectivity index (χ0) is 19.4. The first-order valence-electron chi connectivity index (χ1n) is 9.91. The Kier molecular flexibility index (Phi) is 6.49. The lowest BCUT2D eigenvalue weighted by Gasteiger charge is -2.11. The SMILES string of the molecule is C=C(S/C=C(\C)Cc1cc(C)c(N)cc1C)c1ccc(C2CCCC2)cc1. The summed E-state index contributed by atoms with van der Waals surface area (Å²) >= 11 is 1.73. The Hall–Kier alpha value is -1.93. The summed E-state index contributed by atoms with van der Waals surface area (Å²) in [5, 5.41) is 2.23. The third-order valence-electron chi connectivity index (χ3n) is 5.66. The van der Waals surface area contributed by atoms with Crippen LogP contribution in [0.2, 0.25) is 0 Å². The lowest BCUT2D eigenvalue weighted by Crippen LogP contribution is -1.96. The smallest absolute Gasteiger partial charge is 0.0346 e. The largest absolute Gasteiger partial charge is 0.399 e. The molecule has 0 atom stereocenters. The van der Waals surface area contributed by atoms with Crippen molar-refractivity contribution in [1.82, 2.24) is 0 Å². The van der Waals surface area contributed by atoms with E-state index in [2.05, 4.69) is 69.2 Å². The van der Waals surface area contributed by atoms with Gasteiger partial charge in [-0.15, -0.1) is 0 Å². The van der Waals surface area contributed by atoms with Gasteiger partial charge in [0.1, 0.15) is 0 Å². The molecule has 1 aliphatic rings. The predicted molar refractivity (Wildman–Crippen MR) is 122 cm³/mol. The molecular formula is C25H31NS. The standard InChI is InChI=1S/C25H31NS/c1-17(13-24-14-19(3)25(26)15-18(24)2)16-27-20(4)21-9-11-23(12-10-21)22-7-5-6-8-22/h9-12,14-16,22H,4-8,13,26H2,1-3H3/b17-16+. The number of allylic oxidation sites excluding steroid dienone is 1. The van der Waals surface area contributed by atoms with Gasteiger partial charge in [0, 0.05) is 10.6 Å². The summed E-state index contributed by atoms with van der Waals surface area (Å²) in [7, 11) is 0. The Morgan fingerprint density at radius 1 is 1.11 bits per heavy atom. The Morgan fingerprint density at radius 3 is 2.44 bits per heavy atom. The lowest BCUT2D eigenvalue weighted by molar-refractivity contribution is 0.723. The molecule has 2 heteroatoms. The topological polar surface area (TPSA) is 26.0 Å². The van der Waals surface area contributed by atoms with Crippen LogP contribution in [0.15, 0.2) is 54.0 Å². The van der Waals surface area contributed by atoms with Crippen molar-refractivity contribution in [3.05, 3.63) is 81.8 Å². The maximum Gasteiger partial charge on any atom is 0.0346 e. The number of benzene rings is 2. The first kappa shape index (κ1) is 19.8. The van der Waals surface area contributed by atoms with E-state index in [9.17, 15) is 0 Å². The van der Waals surface area contributed by atoms with Gasteiger partial charge in [0.05, 0.1) is 0 Å². The molecule has 0 saturated heterocycles. The third-order valence-corrected chi connectivity index (χ3v) is 6.70. The molecule has 0 bridgehead atoms. The summed E-state index contributed by atoms with van der Waals surface area (Å²) in [4.78, 5) is 1.11. The van der Waals surface area contributed by atoms with E-state index in [1.807, 2.05) is 0 Å². The second-order valence-corrected chi connectivity index (χ2v) is 8.88. The normalized spacial score (nSPS) is 15.3. The predicted octanol–water partition coefficient (Wildman–Crippen LogP) is 7.39. The second kappa shape index (κ2) is 8.84. The molecule has 1 saturated carbocycles. The van der Waals surface area contributed by atoms with Gasteiger partial charge in [-0.05, 0) is 85.2 Å². The van der Waals surface area contributed by atoms with Crippen LogP contribution in [0.3, 0.4) is 0 Å². The Bertz CT molecular complexity index is 839. The van der Waals surface area contributed by atoms with Crippen LogP contribution in [-0.4, -0.2) is 0 Å². The third kappa shape index (κ3) is 5.07. The van der Waals surface area contributed by atoms with Crippen LogP contribution < -0.4 is 5.73 Å². The molecule has 1 nitrogen and oxygen atoms in total. The number of anilines is 1. The highest BCUT2D eigenvalue weighted by Gasteiger charge is 2.16. The van der Waals surface area contributed by atoms with Gasteiger partial charge in [-0.25, -0.2) is 0 Å². The number of nitrogen functional groups attached to an aromatic ring is 1. The van der Waals surface area contributed by atoms with Crippen molar-refractivity contribution in [3.63, 3.8) is 0 Å². The first-order chi connectivity index (χ1) is 12.9. The van der Waals surface area contributed by atoms with Gasteiger partial charge in [0.25, 0.3) is 0 Å². The van der Waals surface area contributed by atoms with E-state index in [1.54, 1.807) is 11.8 Å². The minimum Gasteiger partial charge on any atom is -0.399 e. The highest BCUT2D eigenvalue weighted by Crippen LogP contribution is 2.35. The lowest BCUT2D eigenvalue weighted by atomic mass is 9.97. The van der Waals surface area contributed by atoms with E-state index in [1.165, 1.54) is 53.5 Å². The fourth-order valence-electron chi connectivity index (χ4n) is 3.87. The highest BCUT2D eigenvalue weighted by molar-refractivity contribution is 8.10. The average Bonchev–Trinajstić information content (AvgIpc) is 3.19. The minimum absolute atomic E-state index is 0.772. The van der Waals surface area contributed by atoms with Crippen LogP contribution in [0.25, 0.3) is 4.91 Å². The molecule has 3 rings (SSSR count). The number of hydrogen-bond acceptors (Lipinski definition) is 2. The Morgan fingerprint density at radius 2 is 1.78 bits per heavy atom. The van der Waals surface area contributed by atoms with Crippen molar-refractivity contribution in [2.24, 2.45) is 0 Å². The van der Waals surface area contributed by atoms with Crippen LogP contribution in [-0.2, 0) is 6.42 Å². The molecule has 0 heterocycles. The molecule has 0 aliphatic heterocycles. The van der Waals surface area contributed by atoms with E-state index >= 15 is 0 Å².